The van der Waals surface area contributed by atoms with Crippen molar-refractivity contribution in [1.29, 1.82) is 0 Å². The molecule has 0 aliphatic carbocycles. The lowest BCUT2D eigenvalue weighted by Gasteiger charge is -2.41. The molecule has 1 atom stereocenters. The van der Waals surface area contributed by atoms with E-state index in [2.05, 4.69) is 44.8 Å². The maximum absolute atomic E-state index is 12.2. The van der Waals surface area contributed by atoms with E-state index in [9.17, 15) is 4.79 Å². The molecule has 0 spiro atoms. The third-order valence-corrected chi connectivity index (χ3v) is 5.18. The van der Waals surface area contributed by atoms with Gasteiger partial charge in [0, 0.05) is 48.5 Å². The molecule has 1 unspecified atom stereocenters. The van der Waals surface area contributed by atoms with Gasteiger partial charge in [-0.25, -0.2) is 4.79 Å². The van der Waals surface area contributed by atoms with Crippen molar-refractivity contribution in [2.24, 2.45) is 0 Å². The summed E-state index contributed by atoms with van der Waals surface area (Å²) in [6.45, 7) is 2.63. The summed E-state index contributed by atoms with van der Waals surface area (Å²) in [6, 6.07) is 16.2. The zero-order valence-corrected chi connectivity index (χ0v) is 15.1. The Bertz CT molecular complexity index is 909. The summed E-state index contributed by atoms with van der Waals surface area (Å²) >= 11 is 6.24. The van der Waals surface area contributed by atoms with Crippen molar-refractivity contribution < 1.29 is 4.79 Å². The first kappa shape index (κ1) is 16.9. The zero-order chi connectivity index (χ0) is 17.9. The lowest BCUT2D eigenvalue weighted by atomic mass is 10.0. The third-order valence-electron chi connectivity index (χ3n) is 4.87. The number of carbonyl (C=O) groups excluding carboxylic acids is 1. The van der Waals surface area contributed by atoms with Crippen LogP contribution in [-0.2, 0) is 6.54 Å². The molecule has 2 heterocycles. The molecule has 0 radical (unpaired) electrons. The van der Waals surface area contributed by atoms with Crippen molar-refractivity contribution in [2.75, 3.05) is 18.4 Å². The van der Waals surface area contributed by atoms with Gasteiger partial charge in [0.25, 0.3) is 0 Å². The van der Waals surface area contributed by atoms with Crippen LogP contribution in [0.3, 0.4) is 0 Å². The van der Waals surface area contributed by atoms with Crippen LogP contribution in [0, 0.1) is 0 Å². The molecule has 134 valence electrons. The molecule has 3 N–H and O–H groups in total. The van der Waals surface area contributed by atoms with E-state index in [1.807, 2.05) is 24.4 Å². The van der Waals surface area contributed by atoms with E-state index in [-0.39, 0.29) is 6.03 Å². The maximum Gasteiger partial charge on any atom is 0.319 e. The average molecular weight is 369 g/mol. The van der Waals surface area contributed by atoms with Crippen molar-refractivity contribution in [2.45, 2.75) is 19.0 Å². The summed E-state index contributed by atoms with van der Waals surface area (Å²) in [7, 11) is 0. The highest BCUT2D eigenvalue weighted by Gasteiger charge is 2.27. The van der Waals surface area contributed by atoms with Crippen molar-refractivity contribution in [3.05, 3.63) is 65.3 Å². The number of aromatic amines is 1. The van der Waals surface area contributed by atoms with Crippen LogP contribution in [0.4, 0.5) is 10.5 Å². The molecule has 4 rings (SSSR count). The number of urea groups is 1. The van der Waals surface area contributed by atoms with Gasteiger partial charge in [-0.1, -0.05) is 41.9 Å². The predicted octanol–water partition coefficient (Wildman–Crippen LogP) is 4.22. The molecule has 3 aromatic rings. The molecule has 0 saturated carbocycles. The van der Waals surface area contributed by atoms with Crippen molar-refractivity contribution >= 4 is 34.2 Å². The lowest BCUT2D eigenvalue weighted by molar-refractivity contribution is 0.0834. The minimum atomic E-state index is -0.210. The Kier molecular flexibility index (Phi) is 4.82. The molecule has 2 aromatic carbocycles. The summed E-state index contributed by atoms with van der Waals surface area (Å²) in [5.74, 6) is 0. The molecule has 1 aromatic heterocycles. The number of aromatic nitrogens is 1. The first-order valence-corrected chi connectivity index (χ1v) is 9.16. The fraction of sp³-hybridized carbons (Fsp3) is 0.250. The van der Waals surface area contributed by atoms with Gasteiger partial charge < -0.3 is 15.6 Å². The molecule has 0 bridgehead atoms. The summed E-state index contributed by atoms with van der Waals surface area (Å²) < 4.78 is 0. The smallest absolute Gasteiger partial charge is 0.319 e. The molecule has 2 amide bonds. The van der Waals surface area contributed by atoms with Crippen LogP contribution in [0.1, 0.15) is 12.0 Å². The second kappa shape index (κ2) is 7.40. The monoisotopic (exact) mass is 368 g/mol. The third kappa shape index (κ3) is 3.69. The lowest BCUT2D eigenvalue weighted by Crippen LogP contribution is -2.53. The van der Waals surface area contributed by atoms with E-state index in [0.29, 0.717) is 23.3 Å². The second-order valence-electron chi connectivity index (χ2n) is 6.63. The van der Waals surface area contributed by atoms with E-state index in [1.54, 1.807) is 6.07 Å². The first-order valence-electron chi connectivity index (χ1n) is 8.78. The topological polar surface area (TPSA) is 60.2 Å². The fourth-order valence-corrected chi connectivity index (χ4v) is 3.61. The highest BCUT2D eigenvalue weighted by Crippen LogP contribution is 2.27. The number of halogens is 1. The Morgan fingerprint density at radius 3 is 2.85 bits per heavy atom. The van der Waals surface area contributed by atoms with Crippen molar-refractivity contribution in [3.8, 4) is 0 Å². The minimum absolute atomic E-state index is 0.210. The molecule has 1 fully saturated rings. The van der Waals surface area contributed by atoms with E-state index in [0.717, 1.165) is 30.4 Å². The number of amides is 2. The highest BCUT2D eigenvalue weighted by atomic mass is 35.5. The summed E-state index contributed by atoms with van der Waals surface area (Å²) in [5.41, 5.74) is 2.88. The SMILES string of the molecule is O=C(NCC1CCN1Cc1ccccc1)Nc1cc(Cl)c2cc[nH]c2c1. The highest BCUT2D eigenvalue weighted by molar-refractivity contribution is 6.35. The quantitative estimate of drug-likeness (QED) is 0.631. The number of nitrogens with one attached hydrogen (secondary N) is 3. The van der Waals surface area contributed by atoms with E-state index in [4.69, 9.17) is 11.6 Å². The molecule has 26 heavy (non-hydrogen) atoms. The number of fused-ring (bicyclic) bond motifs is 1. The molecule has 6 heteroatoms. The van der Waals surface area contributed by atoms with Gasteiger partial charge >= 0.3 is 6.03 Å². The maximum atomic E-state index is 12.2. The number of rotatable bonds is 5. The van der Waals surface area contributed by atoms with Gasteiger partial charge in [0.1, 0.15) is 0 Å². The number of hydrogen-bond acceptors (Lipinski definition) is 2. The Morgan fingerprint density at radius 2 is 2.08 bits per heavy atom. The van der Waals surface area contributed by atoms with Crippen molar-refractivity contribution in [3.63, 3.8) is 0 Å². The fourth-order valence-electron chi connectivity index (χ4n) is 3.33. The van der Waals surface area contributed by atoms with Crippen LogP contribution in [0.2, 0.25) is 5.02 Å². The Morgan fingerprint density at radius 1 is 1.23 bits per heavy atom. The van der Waals surface area contributed by atoms with Crippen LogP contribution in [0.25, 0.3) is 10.9 Å². The van der Waals surface area contributed by atoms with Crippen LogP contribution in [0.5, 0.6) is 0 Å². The van der Waals surface area contributed by atoms with E-state index >= 15 is 0 Å². The zero-order valence-electron chi connectivity index (χ0n) is 14.3. The summed E-state index contributed by atoms with van der Waals surface area (Å²) in [4.78, 5) is 17.7. The first-order chi connectivity index (χ1) is 12.7. The largest absolute Gasteiger partial charge is 0.361 e. The number of nitrogens with zero attached hydrogens (tertiary/aromatic N) is 1. The normalized spacial score (nSPS) is 17.0. The number of likely N-dealkylation sites (tertiary alicyclic amines) is 1. The van der Waals surface area contributed by atoms with Gasteiger partial charge in [0.05, 0.1) is 5.02 Å². The molecule has 1 aliphatic heterocycles. The molecule has 1 saturated heterocycles. The molecule has 1 aliphatic rings. The van der Waals surface area contributed by atoms with E-state index in [1.165, 1.54) is 5.56 Å². The Balaban J connectivity index is 1.29. The second-order valence-corrected chi connectivity index (χ2v) is 7.04. The predicted molar refractivity (Wildman–Crippen MR) is 106 cm³/mol. The van der Waals surface area contributed by atoms with Gasteiger partial charge in [0.2, 0.25) is 0 Å². The van der Waals surface area contributed by atoms with Crippen LogP contribution >= 0.6 is 11.6 Å². The summed E-state index contributed by atoms with van der Waals surface area (Å²) in [5, 5.41) is 7.39. The van der Waals surface area contributed by atoms with Gasteiger partial charge in [-0.2, -0.15) is 0 Å². The number of hydrogen-bond donors (Lipinski definition) is 3. The summed E-state index contributed by atoms with van der Waals surface area (Å²) in [6.07, 6.45) is 2.94. The molecular weight excluding hydrogens is 348 g/mol. The Hall–Kier alpha value is -2.50. The van der Waals surface area contributed by atoms with Crippen LogP contribution in [-0.4, -0.2) is 35.0 Å². The minimum Gasteiger partial charge on any atom is -0.361 e. The Labute approximate surface area is 157 Å². The van der Waals surface area contributed by atoms with E-state index < -0.39 is 0 Å². The van der Waals surface area contributed by atoms with Crippen LogP contribution in [0.15, 0.2) is 54.7 Å². The molecule has 5 nitrogen and oxygen atoms in total. The van der Waals surface area contributed by atoms with Gasteiger partial charge in [-0.05, 0) is 30.2 Å². The van der Waals surface area contributed by atoms with Crippen LogP contribution < -0.4 is 10.6 Å². The number of benzene rings is 2. The number of anilines is 1. The van der Waals surface area contributed by atoms with Gasteiger partial charge in [-0.15, -0.1) is 0 Å². The number of H-pyrrole nitrogens is 1. The number of carbonyl (C=O) groups is 1. The van der Waals surface area contributed by atoms with Gasteiger partial charge in [0.15, 0.2) is 0 Å². The van der Waals surface area contributed by atoms with Gasteiger partial charge in [-0.3, -0.25) is 4.90 Å². The average Bonchev–Trinajstić information content (AvgIpc) is 3.09. The standard InChI is InChI=1S/C20H21ClN4O/c21-18-10-15(11-19-17(18)6-8-22-19)24-20(26)23-12-16-7-9-25(16)13-14-4-2-1-3-5-14/h1-6,8,10-11,16,22H,7,9,12-13H2,(H2,23,24,26). The van der Waals surface area contributed by atoms with Crippen molar-refractivity contribution in [1.82, 2.24) is 15.2 Å². The molecular formula is C20H21ClN4O.